The predicted molar refractivity (Wildman–Crippen MR) is 77.6 cm³/mol. The average Bonchev–Trinajstić information content (AvgIpc) is 2.40. The number of carbonyl (C=O) groups is 1. The molecular formula is C15H30N2O2. The van der Waals surface area contributed by atoms with Crippen LogP contribution in [0.25, 0.3) is 0 Å². The van der Waals surface area contributed by atoms with Crippen molar-refractivity contribution in [3.8, 4) is 0 Å². The smallest absolute Gasteiger partial charge is 0.247 e. The monoisotopic (exact) mass is 270 g/mol. The van der Waals surface area contributed by atoms with Gasteiger partial charge in [0.25, 0.3) is 0 Å². The first-order chi connectivity index (χ1) is 8.82. The Bertz CT molecular complexity index is 321. The second-order valence-corrected chi connectivity index (χ2v) is 6.31. The van der Waals surface area contributed by atoms with Gasteiger partial charge < -0.3 is 5.32 Å². The van der Waals surface area contributed by atoms with E-state index in [2.05, 4.69) is 45.4 Å². The number of piperidine rings is 1. The summed E-state index contributed by atoms with van der Waals surface area (Å²) in [7, 11) is 0. The first-order valence-electron chi connectivity index (χ1n) is 7.53. The van der Waals surface area contributed by atoms with Gasteiger partial charge in [0.05, 0.1) is 6.61 Å². The zero-order valence-electron chi connectivity index (χ0n) is 13.3. The fourth-order valence-electron chi connectivity index (χ4n) is 3.14. The molecule has 1 aliphatic heterocycles. The maximum Gasteiger partial charge on any atom is 0.247 e. The highest BCUT2D eigenvalue weighted by atomic mass is 16.6. The summed E-state index contributed by atoms with van der Waals surface area (Å²) in [5.41, 5.74) is 2.61. The van der Waals surface area contributed by atoms with Crippen LogP contribution in [0.3, 0.4) is 0 Å². The van der Waals surface area contributed by atoms with Crippen LogP contribution in [0.1, 0.15) is 60.8 Å². The van der Waals surface area contributed by atoms with E-state index in [4.69, 9.17) is 4.84 Å². The molecule has 4 atom stereocenters. The third-order valence-electron chi connectivity index (χ3n) is 5.03. The highest BCUT2D eigenvalue weighted by molar-refractivity contribution is 5.78. The Kier molecular flexibility index (Phi) is 5.39. The third-order valence-corrected chi connectivity index (χ3v) is 5.03. The SMILES string of the molecule is CCONC(=O)C1CC(C)(CC)NC(C)(CC)C1C. The summed E-state index contributed by atoms with van der Waals surface area (Å²) in [6, 6.07) is 0. The fourth-order valence-corrected chi connectivity index (χ4v) is 3.14. The van der Waals surface area contributed by atoms with E-state index in [1.165, 1.54) is 0 Å². The number of hydroxylamine groups is 1. The lowest BCUT2D eigenvalue weighted by molar-refractivity contribution is -0.143. The van der Waals surface area contributed by atoms with Crippen molar-refractivity contribution in [2.75, 3.05) is 6.61 Å². The quantitative estimate of drug-likeness (QED) is 0.755. The Hall–Kier alpha value is -0.610. The molecule has 0 aromatic heterocycles. The van der Waals surface area contributed by atoms with Crippen molar-refractivity contribution in [2.24, 2.45) is 11.8 Å². The zero-order chi connectivity index (χ0) is 14.7. The molecule has 1 amide bonds. The standard InChI is InChI=1S/C15H30N2O2/c1-7-14(5)10-12(13(18)16-19-9-3)11(4)15(6,8-2)17-14/h11-12,17H,7-10H2,1-6H3,(H,16,18). The molecule has 0 spiro atoms. The molecule has 19 heavy (non-hydrogen) atoms. The van der Waals surface area contributed by atoms with Gasteiger partial charge in [-0.2, -0.15) is 0 Å². The number of hydrogen-bond donors (Lipinski definition) is 2. The zero-order valence-corrected chi connectivity index (χ0v) is 13.3. The molecule has 4 heteroatoms. The first kappa shape index (κ1) is 16.4. The van der Waals surface area contributed by atoms with Crippen molar-refractivity contribution in [1.29, 1.82) is 0 Å². The van der Waals surface area contributed by atoms with Crippen LogP contribution in [0.2, 0.25) is 0 Å². The van der Waals surface area contributed by atoms with E-state index in [1.807, 2.05) is 6.92 Å². The van der Waals surface area contributed by atoms with Crippen LogP contribution in [-0.4, -0.2) is 23.6 Å². The minimum Gasteiger partial charge on any atom is -0.306 e. The largest absolute Gasteiger partial charge is 0.306 e. The van der Waals surface area contributed by atoms with Gasteiger partial charge in [0, 0.05) is 17.0 Å². The molecule has 1 fully saturated rings. The third kappa shape index (κ3) is 3.48. The Morgan fingerprint density at radius 2 is 1.95 bits per heavy atom. The highest BCUT2D eigenvalue weighted by Gasteiger charge is 2.48. The van der Waals surface area contributed by atoms with Crippen molar-refractivity contribution in [2.45, 2.75) is 71.9 Å². The van der Waals surface area contributed by atoms with Crippen LogP contribution >= 0.6 is 0 Å². The molecule has 0 aromatic carbocycles. The number of hydrogen-bond acceptors (Lipinski definition) is 3. The number of nitrogens with one attached hydrogen (secondary N) is 2. The summed E-state index contributed by atoms with van der Waals surface area (Å²) >= 11 is 0. The van der Waals surface area contributed by atoms with Gasteiger partial charge in [0.2, 0.25) is 5.91 Å². The van der Waals surface area contributed by atoms with Crippen molar-refractivity contribution in [1.82, 2.24) is 10.8 Å². The van der Waals surface area contributed by atoms with E-state index in [-0.39, 0.29) is 28.8 Å². The Morgan fingerprint density at radius 1 is 1.32 bits per heavy atom. The van der Waals surface area contributed by atoms with Gasteiger partial charge in [0.1, 0.15) is 0 Å². The number of amides is 1. The summed E-state index contributed by atoms with van der Waals surface area (Å²) in [4.78, 5) is 17.4. The van der Waals surface area contributed by atoms with Crippen molar-refractivity contribution in [3.63, 3.8) is 0 Å². The van der Waals surface area contributed by atoms with Crippen molar-refractivity contribution < 1.29 is 9.63 Å². The normalized spacial score (nSPS) is 39.1. The fraction of sp³-hybridized carbons (Fsp3) is 0.933. The molecule has 1 saturated heterocycles. The molecule has 1 aliphatic rings. The molecule has 0 bridgehead atoms. The summed E-state index contributed by atoms with van der Waals surface area (Å²) in [5.74, 6) is 0.315. The average molecular weight is 270 g/mol. The second kappa shape index (κ2) is 6.23. The van der Waals surface area contributed by atoms with Crippen LogP contribution in [-0.2, 0) is 9.63 Å². The molecule has 2 N–H and O–H groups in total. The maximum absolute atomic E-state index is 12.3. The lowest BCUT2D eigenvalue weighted by Gasteiger charge is -2.53. The van der Waals surface area contributed by atoms with Crippen LogP contribution in [0.15, 0.2) is 0 Å². The molecular weight excluding hydrogens is 240 g/mol. The first-order valence-corrected chi connectivity index (χ1v) is 7.53. The molecule has 0 aromatic rings. The molecule has 0 aliphatic carbocycles. The van der Waals surface area contributed by atoms with E-state index in [0.29, 0.717) is 6.61 Å². The molecule has 1 rings (SSSR count). The van der Waals surface area contributed by atoms with Gasteiger partial charge in [-0.25, -0.2) is 5.48 Å². The highest BCUT2D eigenvalue weighted by Crippen LogP contribution is 2.40. The van der Waals surface area contributed by atoms with Gasteiger partial charge in [-0.05, 0) is 46.0 Å². The van der Waals surface area contributed by atoms with Crippen molar-refractivity contribution in [3.05, 3.63) is 0 Å². The summed E-state index contributed by atoms with van der Waals surface area (Å²) in [6.45, 7) is 13.3. The van der Waals surface area contributed by atoms with Gasteiger partial charge in [0.15, 0.2) is 0 Å². The predicted octanol–water partition coefficient (Wildman–Crippen LogP) is 2.64. The van der Waals surface area contributed by atoms with E-state index < -0.39 is 0 Å². The summed E-state index contributed by atoms with van der Waals surface area (Å²) in [5, 5.41) is 3.78. The van der Waals surface area contributed by atoms with Crippen LogP contribution < -0.4 is 10.8 Å². The lowest BCUT2D eigenvalue weighted by Crippen LogP contribution is -2.66. The van der Waals surface area contributed by atoms with Gasteiger partial charge in [-0.1, -0.05) is 20.8 Å². The molecule has 0 radical (unpaired) electrons. The van der Waals surface area contributed by atoms with Gasteiger partial charge in [-0.15, -0.1) is 0 Å². The minimum atomic E-state index is -0.00275. The Morgan fingerprint density at radius 3 is 2.42 bits per heavy atom. The summed E-state index contributed by atoms with van der Waals surface area (Å²) in [6.07, 6.45) is 2.90. The Balaban J connectivity index is 2.92. The van der Waals surface area contributed by atoms with Crippen LogP contribution in [0, 0.1) is 11.8 Å². The maximum atomic E-state index is 12.3. The van der Waals surface area contributed by atoms with Crippen LogP contribution in [0.5, 0.6) is 0 Å². The van der Waals surface area contributed by atoms with E-state index in [0.717, 1.165) is 19.3 Å². The number of rotatable bonds is 5. The van der Waals surface area contributed by atoms with E-state index in [1.54, 1.807) is 0 Å². The van der Waals surface area contributed by atoms with Crippen LogP contribution in [0.4, 0.5) is 0 Å². The number of carbonyl (C=O) groups excluding carboxylic acids is 1. The van der Waals surface area contributed by atoms with Gasteiger partial charge in [-0.3, -0.25) is 9.63 Å². The molecule has 112 valence electrons. The Labute approximate surface area is 117 Å². The molecule has 4 unspecified atom stereocenters. The molecule has 4 nitrogen and oxygen atoms in total. The van der Waals surface area contributed by atoms with Gasteiger partial charge >= 0.3 is 0 Å². The topological polar surface area (TPSA) is 50.4 Å². The van der Waals surface area contributed by atoms with Crippen molar-refractivity contribution >= 4 is 5.91 Å². The van der Waals surface area contributed by atoms with E-state index >= 15 is 0 Å². The summed E-state index contributed by atoms with van der Waals surface area (Å²) < 4.78 is 0. The molecule has 0 saturated carbocycles. The molecule has 1 heterocycles. The second-order valence-electron chi connectivity index (χ2n) is 6.31. The minimum absolute atomic E-state index is 0.00250. The van der Waals surface area contributed by atoms with E-state index in [9.17, 15) is 4.79 Å². The lowest BCUT2D eigenvalue weighted by atomic mass is 9.65.